The maximum atomic E-state index is 6.35. The molecule has 0 aromatic carbocycles. The molecule has 0 bridgehead atoms. The van der Waals surface area contributed by atoms with Gasteiger partial charge in [-0.3, -0.25) is 9.97 Å². The minimum atomic E-state index is 0.0910. The minimum absolute atomic E-state index is 0.0910. The third-order valence-electron chi connectivity index (χ3n) is 6.88. The molecule has 1 aliphatic carbocycles. The summed E-state index contributed by atoms with van der Waals surface area (Å²) in [6.07, 6.45) is 12.3. The second kappa shape index (κ2) is 8.30. The Morgan fingerprint density at radius 3 is 2.71 bits per heavy atom. The quantitative estimate of drug-likeness (QED) is 0.743. The van der Waals surface area contributed by atoms with Crippen molar-refractivity contribution in [3.05, 3.63) is 59.2 Å². The molecule has 1 aliphatic heterocycles. The highest BCUT2D eigenvalue weighted by Gasteiger charge is 2.48. The molecule has 0 radical (unpaired) electrons. The lowest BCUT2D eigenvalue weighted by Crippen LogP contribution is -2.47. The monoisotopic (exact) mass is 379 g/mol. The summed E-state index contributed by atoms with van der Waals surface area (Å²) in [7, 11) is 0. The second-order valence-corrected chi connectivity index (χ2v) is 8.83. The molecule has 1 atom stereocenters. The third-order valence-corrected chi connectivity index (χ3v) is 6.88. The van der Waals surface area contributed by atoms with Crippen molar-refractivity contribution in [2.45, 2.75) is 76.4 Å². The molecule has 4 heteroatoms. The maximum absolute atomic E-state index is 6.35. The first-order valence-corrected chi connectivity index (χ1v) is 10.8. The molecular formula is C24H33N3O. The zero-order valence-corrected chi connectivity index (χ0v) is 17.3. The number of ether oxygens (including phenoxy) is 1. The Morgan fingerprint density at radius 2 is 1.96 bits per heavy atom. The van der Waals surface area contributed by atoms with Gasteiger partial charge in [0.1, 0.15) is 0 Å². The standard InChI is InChI=1S/C24H33N3O/c1-19-15-21(17-27-20(19)2)16-25-13-10-23(22-7-3-6-12-26-22)11-14-28-24(18-23)8-4-5-9-24/h3,6-7,12,15,17,25H,4-5,8-11,13-14,16,18H2,1-2H3. The topological polar surface area (TPSA) is 47.0 Å². The SMILES string of the molecule is Cc1cc(CNCCC2(c3ccccn3)CCOC3(CCCC3)C2)cnc1C. The van der Waals surface area contributed by atoms with Crippen molar-refractivity contribution >= 4 is 0 Å². The lowest BCUT2D eigenvalue weighted by Gasteiger charge is -2.46. The number of nitrogens with zero attached hydrogens (tertiary/aromatic N) is 2. The number of rotatable bonds is 6. The van der Waals surface area contributed by atoms with E-state index in [0.29, 0.717) is 0 Å². The van der Waals surface area contributed by atoms with Gasteiger partial charge in [-0.15, -0.1) is 0 Å². The van der Waals surface area contributed by atoms with E-state index in [-0.39, 0.29) is 11.0 Å². The van der Waals surface area contributed by atoms with Gasteiger partial charge in [0.2, 0.25) is 0 Å². The first-order valence-electron chi connectivity index (χ1n) is 10.8. The average Bonchev–Trinajstić information content (AvgIpc) is 3.16. The van der Waals surface area contributed by atoms with E-state index >= 15 is 0 Å². The lowest BCUT2D eigenvalue weighted by atomic mass is 9.68. The molecule has 1 unspecified atom stereocenters. The van der Waals surface area contributed by atoms with Crippen LogP contribution in [0, 0.1) is 13.8 Å². The lowest BCUT2D eigenvalue weighted by molar-refractivity contribution is -0.104. The van der Waals surface area contributed by atoms with Gasteiger partial charge in [-0.1, -0.05) is 25.0 Å². The molecule has 1 saturated carbocycles. The molecule has 2 aromatic rings. The van der Waals surface area contributed by atoms with Gasteiger partial charge in [-0.25, -0.2) is 0 Å². The van der Waals surface area contributed by atoms with Crippen LogP contribution < -0.4 is 5.32 Å². The first kappa shape index (κ1) is 19.5. The summed E-state index contributed by atoms with van der Waals surface area (Å²) < 4.78 is 6.35. The summed E-state index contributed by atoms with van der Waals surface area (Å²) in [6.45, 7) is 6.91. The smallest absolute Gasteiger partial charge is 0.0691 e. The number of aromatic nitrogens is 2. The molecule has 4 rings (SSSR count). The fraction of sp³-hybridized carbons (Fsp3) is 0.583. The summed E-state index contributed by atoms with van der Waals surface area (Å²) in [4.78, 5) is 9.28. The first-order chi connectivity index (χ1) is 13.6. The minimum Gasteiger partial charge on any atom is -0.375 e. The Hall–Kier alpha value is -1.78. The third kappa shape index (κ3) is 4.13. The highest BCUT2D eigenvalue weighted by Crippen LogP contribution is 2.49. The van der Waals surface area contributed by atoms with Crippen LogP contribution in [0.1, 0.15) is 67.5 Å². The summed E-state index contributed by atoms with van der Waals surface area (Å²) >= 11 is 0. The molecule has 28 heavy (non-hydrogen) atoms. The number of hydrogen-bond acceptors (Lipinski definition) is 4. The van der Waals surface area contributed by atoms with Crippen LogP contribution >= 0.6 is 0 Å². The largest absolute Gasteiger partial charge is 0.375 e. The van der Waals surface area contributed by atoms with Crippen molar-refractivity contribution < 1.29 is 4.74 Å². The van der Waals surface area contributed by atoms with Gasteiger partial charge in [0.25, 0.3) is 0 Å². The molecule has 1 spiro atoms. The summed E-state index contributed by atoms with van der Waals surface area (Å²) in [5.41, 5.74) is 5.10. The number of nitrogens with one attached hydrogen (secondary N) is 1. The number of aryl methyl sites for hydroxylation is 2. The van der Waals surface area contributed by atoms with Crippen molar-refractivity contribution in [3.63, 3.8) is 0 Å². The molecule has 0 amide bonds. The van der Waals surface area contributed by atoms with Crippen LogP contribution in [0.15, 0.2) is 36.7 Å². The number of hydrogen-bond donors (Lipinski definition) is 1. The number of pyridine rings is 2. The van der Waals surface area contributed by atoms with Crippen LogP contribution in [0.2, 0.25) is 0 Å². The Bertz CT molecular complexity index is 786. The van der Waals surface area contributed by atoms with E-state index in [0.717, 1.165) is 44.7 Å². The molecule has 150 valence electrons. The molecule has 2 aromatic heterocycles. The van der Waals surface area contributed by atoms with Gasteiger partial charge in [0.15, 0.2) is 0 Å². The van der Waals surface area contributed by atoms with Gasteiger partial charge >= 0.3 is 0 Å². The Kier molecular flexibility index (Phi) is 5.79. The molecule has 2 aliphatic rings. The van der Waals surface area contributed by atoms with Crippen molar-refractivity contribution in [3.8, 4) is 0 Å². The predicted octanol–water partition coefficient (Wildman–Crippen LogP) is 4.63. The van der Waals surface area contributed by atoms with Crippen molar-refractivity contribution in [2.75, 3.05) is 13.2 Å². The van der Waals surface area contributed by atoms with E-state index in [1.54, 1.807) is 0 Å². The molecular weight excluding hydrogens is 346 g/mol. The zero-order chi connectivity index (χ0) is 19.5. The van der Waals surface area contributed by atoms with Crippen LogP contribution in [0.3, 0.4) is 0 Å². The highest BCUT2D eigenvalue weighted by molar-refractivity contribution is 5.23. The Labute approximate surface area is 169 Å². The van der Waals surface area contributed by atoms with Gasteiger partial charge in [-0.2, -0.15) is 0 Å². The Morgan fingerprint density at radius 1 is 1.11 bits per heavy atom. The zero-order valence-electron chi connectivity index (χ0n) is 17.3. The van der Waals surface area contributed by atoms with Crippen LogP contribution in [0.25, 0.3) is 0 Å². The molecule has 4 nitrogen and oxygen atoms in total. The van der Waals surface area contributed by atoms with E-state index in [2.05, 4.69) is 42.3 Å². The van der Waals surface area contributed by atoms with E-state index in [1.807, 2.05) is 18.5 Å². The summed E-state index contributed by atoms with van der Waals surface area (Å²) in [6, 6.07) is 8.62. The van der Waals surface area contributed by atoms with Gasteiger partial charge in [0, 0.05) is 42.3 Å². The fourth-order valence-electron chi connectivity index (χ4n) is 5.15. The fourth-order valence-corrected chi connectivity index (χ4v) is 5.15. The molecule has 2 fully saturated rings. The van der Waals surface area contributed by atoms with E-state index in [9.17, 15) is 0 Å². The van der Waals surface area contributed by atoms with Crippen molar-refractivity contribution in [1.82, 2.24) is 15.3 Å². The van der Waals surface area contributed by atoms with Gasteiger partial charge < -0.3 is 10.1 Å². The maximum Gasteiger partial charge on any atom is 0.0691 e. The summed E-state index contributed by atoms with van der Waals surface area (Å²) in [5, 5.41) is 3.66. The van der Waals surface area contributed by atoms with E-state index < -0.39 is 0 Å². The average molecular weight is 380 g/mol. The van der Waals surface area contributed by atoms with E-state index in [4.69, 9.17) is 9.72 Å². The van der Waals surface area contributed by atoms with Crippen molar-refractivity contribution in [1.29, 1.82) is 0 Å². The van der Waals surface area contributed by atoms with Crippen LogP contribution in [0.4, 0.5) is 0 Å². The predicted molar refractivity (Wildman–Crippen MR) is 112 cm³/mol. The van der Waals surface area contributed by atoms with E-state index in [1.165, 1.54) is 42.5 Å². The van der Waals surface area contributed by atoms with Gasteiger partial charge in [-0.05, 0) is 75.8 Å². The van der Waals surface area contributed by atoms with Crippen LogP contribution in [0.5, 0.6) is 0 Å². The van der Waals surface area contributed by atoms with Gasteiger partial charge in [0.05, 0.1) is 5.60 Å². The van der Waals surface area contributed by atoms with Crippen LogP contribution in [-0.4, -0.2) is 28.7 Å². The second-order valence-electron chi connectivity index (χ2n) is 8.83. The molecule has 3 heterocycles. The normalized spacial score (nSPS) is 23.9. The van der Waals surface area contributed by atoms with Crippen molar-refractivity contribution in [2.24, 2.45) is 0 Å². The summed E-state index contributed by atoms with van der Waals surface area (Å²) in [5.74, 6) is 0. The Balaban J connectivity index is 1.45. The molecule has 1 saturated heterocycles. The van der Waals surface area contributed by atoms with Crippen LogP contribution in [-0.2, 0) is 16.7 Å². The highest BCUT2D eigenvalue weighted by atomic mass is 16.5. The molecule has 1 N–H and O–H groups in total.